The van der Waals surface area contributed by atoms with Crippen LogP contribution in [0.3, 0.4) is 0 Å². The van der Waals surface area contributed by atoms with Crippen LogP contribution in [-0.4, -0.2) is 13.7 Å². The maximum absolute atomic E-state index is 10.7. The van der Waals surface area contributed by atoms with Crippen LogP contribution >= 0.6 is 0 Å². The van der Waals surface area contributed by atoms with Crippen LogP contribution in [0.1, 0.15) is 0 Å². The minimum atomic E-state index is -3.94. The van der Waals surface area contributed by atoms with Gasteiger partial charge in [-0.25, -0.2) is 5.26 Å². The normalized spacial score (nSPS) is 10.4. The number of hydrogen-bond donors (Lipinski definition) is 1. The molecular formula is C6H6O4SZn. The van der Waals surface area contributed by atoms with E-state index in [0.29, 0.717) is 0 Å². The molecule has 0 aromatic heterocycles. The molecule has 0 bridgehead atoms. The molecule has 62 valence electrons. The van der Waals surface area contributed by atoms with Crippen molar-refractivity contribution in [3.05, 3.63) is 30.3 Å². The molecule has 6 heteroatoms. The Bertz CT molecular complexity index is 321. The summed E-state index contributed by atoms with van der Waals surface area (Å²) in [6.07, 6.45) is 0. The number of benzene rings is 1. The molecule has 0 radical (unpaired) electrons. The van der Waals surface area contributed by atoms with Crippen molar-refractivity contribution in [1.82, 2.24) is 0 Å². The van der Waals surface area contributed by atoms with Gasteiger partial charge < -0.3 is 0 Å². The van der Waals surface area contributed by atoms with Crippen LogP contribution in [0.15, 0.2) is 35.2 Å². The van der Waals surface area contributed by atoms with Crippen LogP contribution in [0, 0.1) is 0 Å². The molecule has 0 aliphatic heterocycles. The summed E-state index contributed by atoms with van der Waals surface area (Å²) < 4.78 is 24.8. The van der Waals surface area contributed by atoms with Gasteiger partial charge >= 0.3 is 10.1 Å². The summed E-state index contributed by atoms with van der Waals surface area (Å²) in [5.41, 5.74) is 0. The molecule has 1 aromatic rings. The molecule has 1 aromatic carbocycles. The Labute approximate surface area is 83.0 Å². The third-order valence-electron chi connectivity index (χ3n) is 1.13. The zero-order valence-corrected chi connectivity index (χ0v) is 9.96. The Morgan fingerprint density at radius 1 is 1.17 bits per heavy atom. The first-order chi connectivity index (χ1) is 5.17. The molecule has 0 spiro atoms. The van der Waals surface area contributed by atoms with Crippen molar-refractivity contribution in [1.29, 1.82) is 0 Å². The summed E-state index contributed by atoms with van der Waals surface area (Å²) in [7, 11) is -3.94. The van der Waals surface area contributed by atoms with Gasteiger partial charge in [-0.15, -0.1) is 4.33 Å². The molecule has 0 aliphatic carbocycles. The van der Waals surface area contributed by atoms with Crippen molar-refractivity contribution in [2.24, 2.45) is 0 Å². The Balaban J connectivity index is 0.00000121. The first-order valence-electron chi connectivity index (χ1n) is 2.80. The molecule has 1 rings (SSSR count). The first kappa shape index (κ1) is 11.7. The van der Waals surface area contributed by atoms with Crippen molar-refractivity contribution in [2.75, 3.05) is 0 Å². The van der Waals surface area contributed by atoms with Gasteiger partial charge in [-0.3, -0.25) is 0 Å². The fraction of sp³-hybridized carbons (Fsp3) is 0. The van der Waals surface area contributed by atoms with E-state index in [4.69, 9.17) is 5.26 Å². The predicted octanol–water partition coefficient (Wildman–Crippen LogP) is 0.862. The maximum Gasteiger partial charge on any atom is 0.323 e. The van der Waals surface area contributed by atoms with E-state index in [1.807, 2.05) is 0 Å². The molecule has 0 aliphatic rings. The Morgan fingerprint density at radius 3 is 2.08 bits per heavy atom. The summed E-state index contributed by atoms with van der Waals surface area (Å²) in [5.74, 6) is 0. The summed E-state index contributed by atoms with van der Waals surface area (Å²) in [6, 6.07) is 7.38. The van der Waals surface area contributed by atoms with E-state index in [-0.39, 0.29) is 24.4 Å². The summed E-state index contributed by atoms with van der Waals surface area (Å²) in [5, 5.41) is 7.96. The Hall–Kier alpha value is -0.287. The molecule has 0 heterocycles. The van der Waals surface area contributed by atoms with Crippen molar-refractivity contribution < 1.29 is 37.5 Å². The molecule has 0 amide bonds. The van der Waals surface area contributed by atoms with Crippen LogP contribution in [0.4, 0.5) is 0 Å². The van der Waals surface area contributed by atoms with Gasteiger partial charge in [0.15, 0.2) is 0 Å². The number of hydrogen-bond acceptors (Lipinski definition) is 4. The predicted molar refractivity (Wildman–Crippen MR) is 37.3 cm³/mol. The van der Waals surface area contributed by atoms with Crippen LogP contribution in [-0.2, 0) is 33.9 Å². The van der Waals surface area contributed by atoms with Crippen molar-refractivity contribution in [2.45, 2.75) is 4.90 Å². The average Bonchev–Trinajstić information content (AvgIpc) is 2.06. The topological polar surface area (TPSA) is 63.6 Å². The quantitative estimate of drug-likeness (QED) is 0.472. The van der Waals surface area contributed by atoms with Crippen LogP contribution in [0.25, 0.3) is 0 Å². The Kier molecular flexibility index (Phi) is 4.56. The molecule has 1 N–H and O–H groups in total. The van der Waals surface area contributed by atoms with Gasteiger partial charge in [0.25, 0.3) is 0 Å². The largest absolute Gasteiger partial charge is 0.323 e. The zero-order valence-electron chi connectivity index (χ0n) is 6.17. The van der Waals surface area contributed by atoms with Gasteiger partial charge in [-0.05, 0) is 12.1 Å². The van der Waals surface area contributed by atoms with Gasteiger partial charge in [0.05, 0.1) is 4.90 Å². The second-order valence-electron chi connectivity index (χ2n) is 1.84. The smallest absolute Gasteiger partial charge is 0.235 e. The molecule has 12 heavy (non-hydrogen) atoms. The van der Waals surface area contributed by atoms with Crippen molar-refractivity contribution in [3.8, 4) is 0 Å². The van der Waals surface area contributed by atoms with Crippen LogP contribution in [0.5, 0.6) is 0 Å². The van der Waals surface area contributed by atoms with E-state index in [9.17, 15) is 8.42 Å². The van der Waals surface area contributed by atoms with Gasteiger partial charge in [0, 0.05) is 19.5 Å². The Morgan fingerprint density at radius 2 is 1.67 bits per heavy atom. The molecule has 0 saturated carbocycles. The maximum atomic E-state index is 10.7. The van der Waals surface area contributed by atoms with E-state index in [0.717, 1.165) is 0 Å². The monoisotopic (exact) mass is 238 g/mol. The van der Waals surface area contributed by atoms with Gasteiger partial charge in [-0.2, -0.15) is 8.42 Å². The molecule has 0 atom stereocenters. The third kappa shape index (κ3) is 2.64. The van der Waals surface area contributed by atoms with E-state index in [1.54, 1.807) is 6.07 Å². The average molecular weight is 240 g/mol. The van der Waals surface area contributed by atoms with Gasteiger partial charge in [0.1, 0.15) is 0 Å². The second kappa shape index (κ2) is 4.67. The molecule has 0 fully saturated rings. The van der Waals surface area contributed by atoms with Gasteiger partial charge in [-0.1, -0.05) is 18.2 Å². The number of rotatable bonds is 2. The van der Waals surface area contributed by atoms with Crippen molar-refractivity contribution >= 4 is 10.1 Å². The van der Waals surface area contributed by atoms with E-state index in [1.165, 1.54) is 24.3 Å². The molecule has 4 nitrogen and oxygen atoms in total. The van der Waals surface area contributed by atoms with E-state index in [2.05, 4.69) is 4.33 Å². The second-order valence-corrected chi connectivity index (χ2v) is 3.37. The first-order valence-corrected chi connectivity index (χ1v) is 4.21. The minimum absolute atomic E-state index is 0. The van der Waals surface area contributed by atoms with Crippen molar-refractivity contribution in [3.63, 3.8) is 0 Å². The fourth-order valence-electron chi connectivity index (χ4n) is 0.630. The van der Waals surface area contributed by atoms with Gasteiger partial charge in [0.2, 0.25) is 0 Å². The molecule has 0 unspecified atom stereocenters. The SMILES string of the molecule is O=S(=O)(OO)c1ccccc1.[Zn]. The van der Waals surface area contributed by atoms with E-state index < -0.39 is 10.1 Å². The fourth-order valence-corrected chi connectivity index (χ4v) is 1.21. The summed E-state index contributed by atoms with van der Waals surface area (Å²) in [6.45, 7) is 0. The zero-order chi connectivity index (χ0) is 8.32. The third-order valence-corrected chi connectivity index (χ3v) is 2.18. The standard InChI is InChI=1S/C6H6O4S.Zn/c7-10-11(8,9)6-4-2-1-3-5-6;/h1-5,7H;. The summed E-state index contributed by atoms with van der Waals surface area (Å²) >= 11 is 0. The summed E-state index contributed by atoms with van der Waals surface area (Å²) in [4.78, 5) is -0.0671. The van der Waals surface area contributed by atoms with Crippen LogP contribution < -0.4 is 0 Å². The van der Waals surface area contributed by atoms with E-state index >= 15 is 0 Å². The molecular weight excluding hydrogens is 234 g/mol. The minimum Gasteiger partial charge on any atom is -0.235 e. The van der Waals surface area contributed by atoms with Crippen LogP contribution in [0.2, 0.25) is 0 Å². The molecule has 0 saturated heterocycles.